The normalized spacial score (nSPS) is 13.6. The Morgan fingerprint density at radius 1 is 1.33 bits per heavy atom. The van der Waals surface area contributed by atoms with Gasteiger partial charge in [-0.2, -0.15) is 0 Å². The summed E-state index contributed by atoms with van der Waals surface area (Å²) in [4.78, 5) is 24.8. The number of carbonyl (C=O) groups excluding carboxylic acids is 1. The average molecular weight is 293 g/mol. The molecule has 0 bridgehead atoms. The van der Waals surface area contributed by atoms with Crippen molar-refractivity contribution < 1.29 is 24.2 Å². The summed E-state index contributed by atoms with van der Waals surface area (Å²) < 4.78 is 10.6. The summed E-state index contributed by atoms with van der Waals surface area (Å²) >= 11 is 0. The summed E-state index contributed by atoms with van der Waals surface area (Å²) in [5.41, 5.74) is 0.0905. The summed E-state index contributed by atoms with van der Waals surface area (Å²) in [5, 5.41) is 8.99. The highest BCUT2D eigenvalue weighted by Gasteiger charge is 2.31. The summed E-state index contributed by atoms with van der Waals surface area (Å²) in [6, 6.07) is 4.64. The van der Waals surface area contributed by atoms with Gasteiger partial charge in [0, 0.05) is 12.6 Å². The lowest BCUT2D eigenvalue weighted by Crippen LogP contribution is -2.36. The molecule has 1 saturated carbocycles. The largest absolute Gasteiger partial charge is 0.493 e. The van der Waals surface area contributed by atoms with E-state index in [1.54, 1.807) is 4.90 Å². The predicted octanol–water partition coefficient (Wildman–Crippen LogP) is 1.78. The number of ether oxygens (including phenoxy) is 2. The predicted molar refractivity (Wildman–Crippen MR) is 75.9 cm³/mol. The molecule has 114 valence electrons. The van der Waals surface area contributed by atoms with Crippen molar-refractivity contribution in [3.05, 3.63) is 23.8 Å². The van der Waals surface area contributed by atoms with Crippen molar-refractivity contribution in [2.24, 2.45) is 0 Å². The lowest BCUT2D eigenvalue weighted by atomic mass is 10.2. The maximum Gasteiger partial charge on any atom is 0.335 e. The highest BCUT2D eigenvalue weighted by molar-refractivity contribution is 5.88. The molecule has 0 spiro atoms. The standard InChI is InChI=1S/C15H19NO5/c1-3-16(11-5-6-11)14(17)9-21-13-8-10(15(18)19)4-7-12(13)20-2/h4,7-8,11H,3,5-6,9H2,1-2H3,(H,18,19). The molecule has 1 N–H and O–H groups in total. The first-order valence-corrected chi connectivity index (χ1v) is 6.90. The summed E-state index contributed by atoms with van der Waals surface area (Å²) in [6.07, 6.45) is 2.08. The van der Waals surface area contributed by atoms with E-state index in [4.69, 9.17) is 14.6 Å². The van der Waals surface area contributed by atoms with Gasteiger partial charge < -0.3 is 19.5 Å². The van der Waals surface area contributed by atoms with Gasteiger partial charge in [0.15, 0.2) is 18.1 Å². The summed E-state index contributed by atoms with van der Waals surface area (Å²) in [6.45, 7) is 2.46. The van der Waals surface area contributed by atoms with E-state index < -0.39 is 5.97 Å². The van der Waals surface area contributed by atoms with Crippen LogP contribution in [0, 0.1) is 0 Å². The van der Waals surface area contributed by atoms with Crippen LogP contribution in [-0.2, 0) is 4.79 Å². The second kappa shape index (κ2) is 6.47. The Hall–Kier alpha value is -2.24. The number of hydrogen-bond donors (Lipinski definition) is 1. The van der Waals surface area contributed by atoms with Crippen molar-refractivity contribution in [1.29, 1.82) is 0 Å². The van der Waals surface area contributed by atoms with E-state index in [-0.39, 0.29) is 23.8 Å². The third-order valence-electron chi connectivity index (χ3n) is 3.41. The van der Waals surface area contributed by atoms with Gasteiger partial charge in [0.05, 0.1) is 12.7 Å². The number of likely N-dealkylation sites (N-methyl/N-ethyl adjacent to an activating group) is 1. The molecule has 1 aliphatic rings. The molecule has 0 radical (unpaired) electrons. The maximum absolute atomic E-state index is 12.1. The van der Waals surface area contributed by atoms with Gasteiger partial charge in [-0.1, -0.05) is 0 Å². The second-order valence-corrected chi connectivity index (χ2v) is 4.87. The van der Waals surface area contributed by atoms with Crippen LogP contribution in [0.15, 0.2) is 18.2 Å². The highest BCUT2D eigenvalue weighted by atomic mass is 16.5. The van der Waals surface area contributed by atoms with Gasteiger partial charge in [-0.25, -0.2) is 4.79 Å². The molecule has 6 nitrogen and oxygen atoms in total. The van der Waals surface area contributed by atoms with E-state index in [0.29, 0.717) is 18.3 Å². The highest BCUT2D eigenvalue weighted by Crippen LogP contribution is 2.29. The van der Waals surface area contributed by atoms with Crippen LogP contribution >= 0.6 is 0 Å². The second-order valence-electron chi connectivity index (χ2n) is 4.87. The van der Waals surface area contributed by atoms with Gasteiger partial charge >= 0.3 is 5.97 Å². The third-order valence-corrected chi connectivity index (χ3v) is 3.41. The molecular formula is C15H19NO5. The number of carbonyl (C=O) groups is 2. The Morgan fingerprint density at radius 3 is 2.57 bits per heavy atom. The van der Waals surface area contributed by atoms with Crippen LogP contribution in [0.25, 0.3) is 0 Å². The van der Waals surface area contributed by atoms with Crippen LogP contribution in [0.4, 0.5) is 0 Å². The van der Waals surface area contributed by atoms with Crippen molar-refractivity contribution in [3.8, 4) is 11.5 Å². The number of carboxylic acid groups (broad SMARTS) is 1. The van der Waals surface area contributed by atoms with Gasteiger partial charge in [0.1, 0.15) is 0 Å². The number of aromatic carboxylic acids is 1. The number of nitrogens with zero attached hydrogens (tertiary/aromatic N) is 1. The summed E-state index contributed by atoms with van der Waals surface area (Å²) in [7, 11) is 1.47. The number of benzene rings is 1. The zero-order valence-electron chi connectivity index (χ0n) is 12.2. The fourth-order valence-corrected chi connectivity index (χ4v) is 2.17. The molecular weight excluding hydrogens is 274 g/mol. The van der Waals surface area contributed by atoms with Gasteiger partial charge in [-0.05, 0) is 38.0 Å². The van der Waals surface area contributed by atoms with Crippen LogP contribution in [0.1, 0.15) is 30.1 Å². The van der Waals surface area contributed by atoms with E-state index in [0.717, 1.165) is 12.8 Å². The van der Waals surface area contributed by atoms with Gasteiger partial charge in [-0.3, -0.25) is 4.79 Å². The molecule has 1 aromatic carbocycles. The Morgan fingerprint density at radius 2 is 2.05 bits per heavy atom. The van der Waals surface area contributed by atoms with E-state index in [9.17, 15) is 9.59 Å². The fraction of sp³-hybridized carbons (Fsp3) is 0.467. The first-order chi connectivity index (χ1) is 10.1. The molecule has 0 aromatic heterocycles. The first kappa shape index (κ1) is 15.2. The molecule has 21 heavy (non-hydrogen) atoms. The molecule has 2 rings (SSSR count). The van der Waals surface area contributed by atoms with Crippen LogP contribution in [0.2, 0.25) is 0 Å². The van der Waals surface area contributed by atoms with Crippen LogP contribution in [-0.4, -0.2) is 48.2 Å². The fourth-order valence-electron chi connectivity index (χ4n) is 2.17. The zero-order valence-corrected chi connectivity index (χ0v) is 12.2. The molecule has 1 aliphatic carbocycles. The Kier molecular flexibility index (Phi) is 4.67. The maximum atomic E-state index is 12.1. The number of amides is 1. The molecule has 1 amide bonds. The molecule has 1 aromatic rings. The minimum absolute atomic E-state index is 0.0905. The van der Waals surface area contributed by atoms with Crippen molar-refractivity contribution in [1.82, 2.24) is 4.90 Å². The molecule has 6 heteroatoms. The molecule has 0 heterocycles. The summed E-state index contributed by atoms with van der Waals surface area (Å²) in [5.74, 6) is -0.482. The zero-order chi connectivity index (χ0) is 15.4. The van der Waals surface area contributed by atoms with Gasteiger partial charge in [-0.15, -0.1) is 0 Å². The van der Waals surface area contributed by atoms with Crippen molar-refractivity contribution >= 4 is 11.9 Å². The molecule has 0 unspecified atom stereocenters. The minimum Gasteiger partial charge on any atom is -0.493 e. The monoisotopic (exact) mass is 293 g/mol. The van der Waals surface area contributed by atoms with Gasteiger partial charge in [0.25, 0.3) is 5.91 Å². The minimum atomic E-state index is -1.05. The molecule has 1 fully saturated rings. The van der Waals surface area contributed by atoms with Gasteiger partial charge in [0.2, 0.25) is 0 Å². The Labute approximate surface area is 123 Å². The number of methoxy groups -OCH3 is 1. The number of carboxylic acids is 1. The topological polar surface area (TPSA) is 76.1 Å². The molecule has 0 aliphatic heterocycles. The van der Waals surface area contributed by atoms with Crippen LogP contribution in [0.5, 0.6) is 11.5 Å². The quantitative estimate of drug-likeness (QED) is 0.829. The lowest BCUT2D eigenvalue weighted by molar-refractivity contribution is -0.133. The average Bonchev–Trinajstić information content (AvgIpc) is 3.30. The molecule has 0 saturated heterocycles. The van der Waals surface area contributed by atoms with Crippen LogP contribution in [0.3, 0.4) is 0 Å². The molecule has 0 atom stereocenters. The third kappa shape index (κ3) is 3.65. The lowest BCUT2D eigenvalue weighted by Gasteiger charge is -2.20. The van der Waals surface area contributed by atoms with Crippen molar-refractivity contribution in [2.45, 2.75) is 25.8 Å². The van der Waals surface area contributed by atoms with E-state index in [2.05, 4.69) is 0 Å². The van der Waals surface area contributed by atoms with E-state index in [1.165, 1.54) is 25.3 Å². The SMILES string of the molecule is CCN(C(=O)COc1cc(C(=O)O)ccc1OC)C1CC1. The van der Waals surface area contributed by atoms with Crippen LogP contribution < -0.4 is 9.47 Å². The smallest absolute Gasteiger partial charge is 0.335 e. The van der Waals surface area contributed by atoms with E-state index in [1.807, 2.05) is 6.92 Å². The van der Waals surface area contributed by atoms with E-state index >= 15 is 0 Å². The van der Waals surface area contributed by atoms with Crippen molar-refractivity contribution in [3.63, 3.8) is 0 Å². The number of hydrogen-bond acceptors (Lipinski definition) is 4. The van der Waals surface area contributed by atoms with Crippen molar-refractivity contribution in [2.75, 3.05) is 20.3 Å². The Balaban J connectivity index is 2.05. The Bertz CT molecular complexity index is 539. The first-order valence-electron chi connectivity index (χ1n) is 6.90. The number of rotatable bonds is 7.